The Morgan fingerprint density at radius 1 is 1.26 bits per heavy atom. The van der Waals surface area contributed by atoms with E-state index in [9.17, 15) is 14.7 Å². The highest BCUT2D eigenvalue weighted by Gasteiger charge is 2.41. The van der Waals surface area contributed by atoms with E-state index in [-0.39, 0.29) is 11.9 Å². The summed E-state index contributed by atoms with van der Waals surface area (Å²) in [5.74, 6) is -1.84. The maximum atomic E-state index is 12.3. The number of aliphatic carboxylic acids is 1. The molecule has 3 saturated heterocycles. The first-order valence-corrected chi connectivity index (χ1v) is 7.04. The zero-order valence-electron chi connectivity index (χ0n) is 12.0. The standard InChI is InChI=1S/C14H24N2O3/c1-14(2,3)11(13(18)19)12(17)15-10-8-16-6-4-9(10)5-7-16/h9-11H,4-8H2,1-3H3,(H,15,17)(H,18,19). The van der Waals surface area contributed by atoms with Crippen LogP contribution in [0.3, 0.4) is 0 Å². The van der Waals surface area contributed by atoms with E-state index in [0.29, 0.717) is 5.92 Å². The Bertz CT molecular complexity index is 367. The van der Waals surface area contributed by atoms with Crippen molar-refractivity contribution in [3.63, 3.8) is 0 Å². The van der Waals surface area contributed by atoms with Gasteiger partial charge in [-0.3, -0.25) is 9.59 Å². The van der Waals surface area contributed by atoms with Crippen molar-refractivity contribution in [1.82, 2.24) is 10.2 Å². The predicted molar refractivity (Wildman–Crippen MR) is 71.7 cm³/mol. The molecule has 2 bridgehead atoms. The summed E-state index contributed by atoms with van der Waals surface area (Å²) in [5.41, 5.74) is -0.566. The van der Waals surface area contributed by atoms with Gasteiger partial charge >= 0.3 is 5.97 Å². The van der Waals surface area contributed by atoms with E-state index in [0.717, 1.165) is 32.5 Å². The molecule has 2 atom stereocenters. The third-order valence-corrected chi connectivity index (χ3v) is 4.36. The minimum Gasteiger partial charge on any atom is -0.481 e. The van der Waals surface area contributed by atoms with Crippen LogP contribution < -0.4 is 5.32 Å². The minimum absolute atomic E-state index is 0.124. The van der Waals surface area contributed by atoms with E-state index in [2.05, 4.69) is 10.2 Å². The summed E-state index contributed by atoms with van der Waals surface area (Å²) in [4.78, 5) is 25.9. The first-order valence-electron chi connectivity index (χ1n) is 7.04. The van der Waals surface area contributed by atoms with E-state index in [4.69, 9.17) is 0 Å². The second-order valence-electron chi connectivity index (χ2n) is 6.89. The Morgan fingerprint density at radius 2 is 1.84 bits per heavy atom. The smallest absolute Gasteiger partial charge is 0.316 e. The van der Waals surface area contributed by atoms with Gasteiger partial charge < -0.3 is 15.3 Å². The van der Waals surface area contributed by atoms with Gasteiger partial charge in [0.2, 0.25) is 5.91 Å². The van der Waals surface area contributed by atoms with Crippen molar-refractivity contribution in [2.75, 3.05) is 19.6 Å². The van der Waals surface area contributed by atoms with Gasteiger partial charge in [-0.2, -0.15) is 0 Å². The van der Waals surface area contributed by atoms with Crippen molar-refractivity contribution >= 4 is 11.9 Å². The van der Waals surface area contributed by atoms with Crippen LogP contribution in [0.25, 0.3) is 0 Å². The molecule has 3 aliphatic heterocycles. The average molecular weight is 268 g/mol. The molecule has 3 heterocycles. The maximum absolute atomic E-state index is 12.3. The van der Waals surface area contributed by atoms with Crippen molar-refractivity contribution in [1.29, 1.82) is 0 Å². The molecule has 0 aliphatic carbocycles. The number of hydrogen-bond donors (Lipinski definition) is 2. The molecule has 0 aromatic heterocycles. The Morgan fingerprint density at radius 3 is 2.21 bits per heavy atom. The lowest BCUT2D eigenvalue weighted by Crippen LogP contribution is -2.59. The number of rotatable bonds is 3. The number of nitrogens with one attached hydrogen (secondary N) is 1. The molecular weight excluding hydrogens is 244 g/mol. The fourth-order valence-corrected chi connectivity index (χ4v) is 3.27. The van der Waals surface area contributed by atoms with Gasteiger partial charge in [0, 0.05) is 12.6 Å². The van der Waals surface area contributed by atoms with Crippen molar-refractivity contribution in [2.45, 2.75) is 39.7 Å². The van der Waals surface area contributed by atoms with Gasteiger partial charge in [-0.05, 0) is 37.3 Å². The van der Waals surface area contributed by atoms with Crippen molar-refractivity contribution in [3.05, 3.63) is 0 Å². The van der Waals surface area contributed by atoms with Crippen LogP contribution in [-0.4, -0.2) is 47.6 Å². The molecule has 0 radical (unpaired) electrons. The van der Waals surface area contributed by atoms with Crippen LogP contribution >= 0.6 is 0 Å². The summed E-state index contributed by atoms with van der Waals surface area (Å²) in [7, 11) is 0. The Balaban J connectivity index is 2.02. The van der Waals surface area contributed by atoms with Crippen LogP contribution in [-0.2, 0) is 9.59 Å². The summed E-state index contributed by atoms with van der Waals surface area (Å²) < 4.78 is 0. The molecule has 0 aromatic rings. The molecule has 5 nitrogen and oxygen atoms in total. The van der Waals surface area contributed by atoms with Gasteiger partial charge in [0.1, 0.15) is 5.92 Å². The zero-order valence-corrected chi connectivity index (χ0v) is 12.0. The molecule has 108 valence electrons. The van der Waals surface area contributed by atoms with Gasteiger partial charge in [0.05, 0.1) is 0 Å². The van der Waals surface area contributed by atoms with Gasteiger partial charge in [-0.1, -0.05) is 20.8 Å². The van der Waals surface area contributed by atoms with Crippen molar-refractivity contribution in [3.8, 4) is 0 Å². The topological polar surface area (TPSA) is 69.6 Å². The number of carbonyl (C=O) groups is 2. The fourth-order valence-electron chi connectivity index (χ4n) is 3.27. The average Bonchev–Trinajstić information content (AvgIpc) is 2.27. The Labute approximate surface area is 114 Å². The normalized spacial score (nSPS) is 31.8. The van der Waals surface area contributed by atoms with E-state index >= 15 is 0 Å². The number of carbonyl (C=O) groups excluding carboxylic acids is 1. The summed E-state index contributed by atoms with van der Waals surface area (Å²) in [6.45, 7) is 8.47. The van der Waals surface area contributed by atoms with Gasteiger partial charge in [-0.25, -0.2) is 0 Å². The number of piperidine rings is 3. The molecule has 0 saturated carbocycles. The molecule has 2 unspecified atom stereocenters. The van der Waals surface area contributed by atoms with Crippen molar-refractivity contribution < 1.29 is 14.7 Å². The van der Waals surface area contributed by atoms with Crippen LogP contribution in [0, 0.1) is 17.3 Å². The van der Waals surface area contributed by atoms with E-state index in [1.54, 1.807) is 20.8 Å². The molecule has 19 heavy (non-hydrogen) atoms. The quantitative estimate of drug-likeness (QED) is 0.748. The largest absolute Gasteiger partial charge is 0.481 e. The molecule has 2 N–H and O–H groups in total. The number of fused-ring (bicyclic) bond motifs is 3. The lowest BCUT2D eigenvalue weighted by atomic mass is 9.79. The minimum atomic E-state index is -1.04. The maximum Gasteiger partial charge on any atom is 0.316 e. The summed E-state index contributed by atoms with van der Waals surface area (Å²) in [6.07, 6.45) is 2.22. The van der Waals surface area contributed by atoms with Gasteiger partial charge in [-0.15, -0.1) is 0 Å². The number of hydrogen-bond acceptors (Lipinski definition) is 3. The molecule has 0 spiro atoms. The van der Waals surface area contributed by atoms with Crippen molar-refractivity contribution in [2.24, 2.45) is 17.3 Å². The predicted octanol–water partition coefficient (Wildman–Crippen LogP) is 0.944. The Hall–Kier alpha value is -1.10. The zero-order chi connectivity index (χ0) is 14.2. The monoisotopic (exact) mass is 268 g/mol. The van der Waals surface area contributed by atoms with E-state index in [1.807, 2.05) is 0 Å². The summed E-state index contributed by atoms with van der Waals surface area (Å²) in [5, 5.41) is 12.2. The van der Waals surface area contributed by atoms with Crippen LogP contribution in [0.1, 0.15) is 33.6 Å². The number of nitrogens with zero attached hydrogens (tertiary/aromatic N) is 1. The van der Waals surface area contributed by atoms with E-state index < -0.39 is 17.3 Å². The fraction of sp³-hybridized carbons (Fsp3) is 0.857. The first-order chi connectivity index (χ1) is 8.79. The third-order valence-electron chi connectivity index (χ3n) is 4.36. The molecule has 3 rings (SSSR count). The van der Waals surface area contributed by atoms with Crippen LogP contribution in [0.5, 0.6) is 0 Å². The molecule has 0 aromatic carbocycles. The number of carboxylic acids is 1. The lowest BCUT2D eigenvalue weighted by Gasteiger charge is -2.45. The summed E-state index contributed by atoms with van der Waals surface area (Å²) >= 11 is 0. The first kappa shape index (κ1) is 14.3. The highest BCUT2D eigenvalue weighted by Crippen LogP contribution is 2.30. The van der Waals surface area contributed by atoms with E-state index in [1.165, 1.54) is 0 Å². The summed E-state index contributed by atoms with van der Waals surface area (Å²) in [6, 6.07) is 0.124. The molecule has 3 fully saturated rings. The number of amides is 1. The second kappa shape index (κ2) is 5.12. The highest BCUT2D eigenvalue weighted by molar-refractivity contribution is 5.97. The molecule has 1 amide bonds. The van der Waals surface area contributed by atoms with Crippen LogP contribution in [0.2, 0.25) is 0 Å². The Kier molecular flexibility index (Phi) is 3.85. The van der Waals surface area contributed by atoms with Crippen LogP contribution in [0.15, 0.2) is 0 Å². The highest BCUT2D eigenvalue weighted by atomic mass is 16.4. The second-order valence-corrected chi connectivity index (χ2v) is 6.89. The molecule has 5 heteroatoms. The third kappa shape index (κ3) is 3.08. The van der Waals surface area contributed by atoms with Gasteiger partial charge in [0.25, 0.3) is 0 Å². The van der Waals surface area contributed by atoms with Crippen LogP contribution in [0.4, 0.5) is 0 Å². The molecular formula is C14H24N2O3. The number of carboxylic acid groups (broad SMARTS) is 1. The lowest BCUT2D eigenvalue weighted by molar-refractivity contribution is -0.152. The van der Waals surface area contributed by atoms with Gasteiger partial charge in [0.15, 0.2) is 0 Å². The SMILES string of the molecule is CC(C)(C)C(C(=O)O)C(=O)NC1CN2CCC1CC2. The molecule has 3 aliphatic rings.